The lowest BCUT2D eigenvalue weighted by atomic mass is 10.4. The second-order valence-electron chi connectivity index (χ2n) is 4.23. The van der Waals surface area contributed by atoms with Gasteiger partial charge in [0.15, 0.2) is 6.29 Å². The minimum Gasteiger partial charge on any atom is -0.306 e. The maximum absolute atomic E-state index is 12.3. The molecule has 0 unspecified atom stereocenters. The van der Waals surface area contributed by atoms with Crippen molar-refractivity contribution in [2.75, 3.05) is 5.88 Å². The lowest BCUT2D eigenvalue weighted by Crippen LogP contribution is -2.17. The smallest absolute Gasteiger partial charge is 0.285 e. The first-order valence-electron chi connectivity index (χ1n) is 6.26. The van der Waals surface area contributed by atoms with Crippen molar-refractivity contribution in [3.8, 4) is 0 Å². The molecule has 0 bridgehead atoms. The van der Waals surface area contributed by atoms with Gasteiger partial charge in [-0.05, 0) is 18.6 Å². The number of alkyl halides is 1. The van der Waals surface area contributed by atoms with E-state index < -0.39 is 10.0 Å². The normalized spacial score (nSPS) is 12.5. The van der Waals surface area contributed by atoms with Gasteiger partial charge in [0.2, 0.25) is 4.80 Å². The predicted octanol–water partition coefficient (Wildman–Crippen LogP) is 2.93. The first-order chi connectivity index (χ1) is 10.5. The Hall–Kier alpha value is -1.15. The highest BCUT2D eigenvalue weighted by Gasteiger charge is 2.16. The molecule has 0 saturated heterocycles. The highest BCUT2D eigenvalue weighted by Crippen LogP contribution is 2.18. The Morgan fingerprint density at radius 3 is 2.55 bits per heavy atom. The summed E-state index contributed by atoms with van der Waals surface area (Å²) in [6.07, 6.45) is 1.16. The summed E-state index contributed by atoms with van der Waals surface area (Å²) < 4.78 is 29.9. The number of hydrogen-bond acceptors (Lipinski definition) is 4. The topological polar surface area (TPSA) is 68.5 Å². The van der Waals surface area contributed by atoms with Gasteiger partial charge in [0.05, 0.1) is 4.90 Å². The fourth-order valence-corrected chi connectivity index (χ4v) is 4.29. The fourth-order valence-electron chi connectivity index (χ4n) is 1.71. The van der Waals surface area contributed by atoms with Crippen molar-refractivity contribution in [2.24, 2.45) is 4.40 Å². The van der Waals surface area contributed by atoms with E-state index in [2.05, 4.69) is 4.40 Å². The van der Waals surface area contributed by atoms with Gasteiger partial charge >= 0.3 is 0 Å². The van der Waals surface area contributed by atoms with E-state index in [0.717, 1.165) is 11.3 Å². The summed E-state index contributed by atoms with van der Waals surface area (Å²) in [4.78, 5) is 11.5. The van der Waals surface area contributed by atoms with Crippen LogP contribution < -0.4 is 4.80 Å². The molecule has 0 amide bonds. The minimum absolute atomic E-state index is 0.0797. The fraction of sp³-hybridized carbons (Fsp3) is 0.231. The molecule has 1 aromatic heterocycles. The van der Waals surface area contributed by atoms with Crippen molar-refractivity contribution in [1.82, 2.24) is 4.57 Å². The Kier molecular flexibility index (Phi) is 5.80. The number of benzene rings is 1. The molecule has 0 aliphatic carbocycles. The molecule has 0 fully saturated rings. The number of carbonyl (C=O) groups excluding carboxylic acids is 1. The number of hydrogen-bond donors (Lipinski definition) is 0. The van der Waals surface area contributed by atoms with Crippen LogP contribution in [0.3, 0.4) is 0 Å². The van der Waals surface area contributed by atoms with Gasteiger partial charge in [-0.3, -0.25) is 4.79 Å². The van der Waals surface area contributed by atoms with Crippen molar-refractivity contribution in [3.63, 3.8) is 0 Å². The molecule has 0 atom stereocenters. The molecule has 2 aromatic rings. The van der Waals surface area contributed by atoms with E-state index in [0.29, 0.717) is 25.1 Å². The molecule has 22 heavy (non-hydrogen) atoms. The van der Waals surface area contributed by atoms with Gasteiger partial charge in [0, 0.05) is 12.4 Å². The summed E-state index contributed by atoms with van der Waals surface area (Å²) in [6.45, 7) is 0.385. The van der Waals surface area contributed by atoms with Gasteiger partial charge in [0.1, 0.15) is 10.0 Å². The van der Waals surface area contributed by atoms with E-state index in [-0.39, 0.29) is 19.7 Å². The average Bonchev–Trinajstić information content (AvgIpc) is 2.81. The molecular weight excluding hydrogens is 367 g/mol. The lowest BCUT2D eigenvalue weighted by molar-refractivity contribution is 0.112. The van der Waals surface area contributed by atoms with Crippen LogP contribution in [0.25, 0.3) is 0 Å². The molecule has 118 valence electrons. The number of aromatic nitrogens is 1. The first kappa shape index (κ1) is 17.2. The average molecular weight is 379 g/mol. The Balaban J connectivity index is 2.58. The van der Waals surface area contributed by atoms with Crippen molar-refractivity contribution in [3.05, 3.63) is 45.2 Å². The second kappa shape index (κ2) is 7.41. The monoisotopic (exact) mass is 378 g/mol. The van der Waals surface area contributed by atoms with E-state index in [4.69, 9.17) is 23.2 Å². The number of sulfonamides is 1. The number of halogens is 2. The van der Waals surface area contributed by atoms with Crippen LogP contribution >= 0.6 is 34.5 Å². The number of carbonyl (C=O) groups is 1. The Bertz CT molecular complexity index is 827. The number of rotatable bonds is 6. The van der Waals surface area contributed by atoms with Crippen LogP contribution in [0.2, 0.25) is 5.15 Å². The zero-order valence-corrected chi connectivity index (χ0v) is 14.4. The molecule has 2 rings (SSSR count). The molecule has 0 radical (unpaired) electrons. The summed E-state index contributed by atoms with van der Waals surface area (Å²) in [6, 6.07) is 7.85. The van der Waals surface area contributed by atoms with Gasteiger partial charge in [0.25, 0.3) is 10.0 Å². The largest absolute Gasteiger partial charge is 0.306 e. The Morgan fingerprint density at radius 2 is 1.95 bits per heavy atom. The first-order valence-corrected chi connectivity index (χ1v) is 9.43. The number of nitrogens with zero attached hydrogens (tertiary/aromatic N) is 2. The number of thiazole rings is 1. The van der Waals surface area contributed by atoms with E-state index in [1.807, 2.05) is 0 Å². The molecule has 0 aliphatic heterocycles. The SMILES string of the molecule is O=Cc1s/c(=N\S(=O)(=O)c2ccccc2)n(CCCCl)c1Cl. The maximum Gasteiger partial charge on any atom is 0.285 e. The van der Waals surface area contributed by atoms with Gasteiger partial charge in [-0.25, -0.2) is 0 Å². The van der Waals surface area contributed by atoms with Gasteiger partial charge in [-0.15, -0.1) is 16.0 Å². The van der Waals surface area contributed by atoms with Gasteiger partial charge < -0.3 is 4.57 Å². The lowest BCUT2D eigenvalue weighted by Gasteiger charge is -2.03. The van der Waals surface area contributed by atoms with Gasteiger partial charge in [-0.2, -0.15) is 8.42 Å². The molecule has 9 heteroatoms. The molecule has 1 aromatic carbocycles. The molecular formula is C13H12Cl2N2O3S2. The molecule has 0 spiro atoms. The van der Waals surface area contributed by atoms with E-state index in [1.54, 1.807) is 18.2 Å². The minimum atomic E-state index is -3.87. The standard InChI is InChI=1S/C13H12Cl2N2O3S2/c14-7-4-8-17-12(15)11(9-18)21-13(17)16-22(19,20)10-5-2-1-3-6-10/h1-3,5-6,9H,4,7-8H2/b16-13-. The van der Waals surface area contributed by atoms with Crippen molar-refractivity contribution < 1.29 is 13.2 Å². The van der Waals surface area contributed by atoms with Crippen LogP contribution in [-0.2, 0) is 16.6 Å². The third kappa shape index (κ3) is 3.78. The molecule has 0 aliphatic rings. The second-order valence-corrected chi connectivity index (χ2v) is 7.58. The van der Waals surface area contributed by atoms with Crippen LogP contribution in [0.4, 0.5) is 0 Å². The van der Waals surface area contributed by atoms with Crippen LogP contribution in [0, 0.1) is 0 Å². The third-order valence-corrected chi connectivity index (χ3v) is 5.92. The van der Waals surface area contributed by atoms with E-state index >= 15 is 0 Å². The highest BCUT2D eigenvalue weighted by atomic mass is 35.5. The molecule has 5 nitrogen and oxygen atoms in total. The summed E-state index contributed by atoms with van der Waals surface area (Å²) in [5.74, 6) is 0.389. The van der Waals surface area contributed by atoms with Crippen molar-refractivity contribution in [2.45, 2.75) is 17.9 Å². The summed E-state index contributed by atoms with van der Waals surface area (Å²) >= 11 is 12.7. The highest BCUT2D eigenvalue weighted by molar-refractivity contribution is 7.90. The summed E-state index contributed by atoms with van der Waals surface area (Å²) in [5, 5.41) is 0.173. The van der Waals surface area contributed by atoms with Crippen molar-refractivity contribution in [1.29, 1.82) is 0 Å². The van der Waals surface area contributed by atoms with Crippen LogP contribution in [0.1, 0.15) is 16.1 Å². The molecule has 0 saturated carbocycles. The zero-order valence-electron chi connectivity index (χ0n) is 11.3. The van der Waals surface area contributed by atoms with Crippen LogP contribution in [0.5, 0.6) is 0 Å². The van der Waals surface area contributed by atoms with Gasteiger partial charge in [-0.1, -0.05) is 41.1 Å². The van der Waals surface area contributed by atoms with Crippen LogP contribution in [0.15, 0.2) is 39.6 Å². The van der Waals surface area contributed by atoms with Crippen molar-refractivity contribution >= 4 is 50.8 Å². The summed E-state index contributed by atoms with van der Waals surface area (Å²) in [5.41, 5.74) is 0. The Labute approximate surface area is 141 Å². The maximum atomic E-state index is 12.3. The zero-order chi connectivity index (χ0) is 16.2. The molecule has 0 N–H and O–H groups in total. The Morgan fingerprint density at radius 1 is 1.27 bits per heavy atom. The summed E-state index contributed by atoms with van der Waals surface area (Å²) in [7, 11) is -3.87. The molecule has 1 heterocycles. The van der Waals surface area contributed by atoms with Crippen LogP contribution in [-0.4, -0.2) is 25.2 Å². The third-order valence-electron chi connectivity index (χ3n) is 2.73. The van der Waals surface area contributed by atoms with E-state index in [1.165, 1.54) is 16.7 Å². The van der Waals surface area contributed by atoms with E-state index in [9.17, 15) is 13.2 Å². The quantitative estimate of drug-likeness (QED) is 0.573. The predicted molar refractivity (Wildman–Crippen MR) is 87.2 cm³/mol. The number of aldehydes is 1.